The number of aliphatic hydroxyl groups is 1. The van der Waals surface area contributed by atoms with E-state index in [0.717, 1.165) is 23.7 Å². The summed E-state index contributed by atoms with van der Waals surface area (Å²) in [5.74, 6) is 0. The first-order valence-corrected chi connectivity index (χ1v) is 5.61. The molecule has 1 aromatic carbocycles. The van der Waals surface area contributed by atoms with Crippen molar-refractivity contribution in [2.75, 3.05) is 11.4 Å². The van der Waals surface area contributed by atoms with Crippen molar-refractivity contribution in [1.82, 2.24) is 0 Å². The van der Waals surface area contributed by atoms with Crippen molar-refractivity contribution >= 4 is 17.3 Å². The van der Waals surface area contributed by atoms with Crippen LogP contribution in [0.3, 0.4) is 0 Å². The highest BCUT2D eigenvalue weighted by molar-refractivity contribution is 6.30. The Morgan fingerprint density at radius 3 is 2.40 bits per heavy atom. The SMILES string of the molecule is CC1(C)C(O)CCN1c1ccc(Cl)cc1. The molecular weight excluding hydrogens is 210 g/mol. The fourth-order valence-electron chi connectivity index (χ4n) is 2.16. The van der Waals surface area contributed by atoms with E-state index in [1.807, 2.05) is 24.3 Å². The molecular formula is C12H16ClNO. The van der Waals surface area contributed by atoms with Gasteiger partial charge in [-0.15, -0.1) is 0 Å². The third kappa shape index (κ3) is 1.84. The minimum Gasteiger partial charge on any atom is -0.391 e. The first kappa shape index (κ1) is 10.8. The van der Waals surface area contributed by atoms with Crippen LogP contribution in [-0.2, 0) is 0 Å². The predicted octanol–water partition coefficient (Wildman–Crippen LogP) is 2.69. The third-order valence-electron chi connectivity index (χ3n) is 3.28. The lowest BCUT2D eigenvalue weighted by Crippen LogP contribution is -2.45. The normalized spacial score (nSPS) is 24.5. The van der Waals surface area contributed by atoms with E-state index >= 15 is 0 Å². The molecule has 1 heterocycles. The molecule has 0 radical (unpaired) electrons. The van der Waals surface area contributed by atoms with E-state index < -0.39 is 0 Å². The lowest BCUT2D eigenvalue weighted by molar-refractivity contribution is 0.127. The summed E-state index contributed by atoms with van der Waals surface area (Å²) < 4.78 is 0. The molecule has 1 N–H and O–H groups in total. The minimum absolute atomic E-state index is 0.187. The highest BCUT2D eigenvalue weighted by Crippen LogP contribution is 2.34. The first-order valence-electron chi connectivity index (χ1n) is 5.23. The molecule has 82 valence electrons. The predicted molar refractivity (Wildman–Crippen MR) is 63.5 cm³/mol. The average molecular weight is 226 g/mol. The van der Waals surface area contributed by atoms with Gasteiger partial charge in [-0.05, 0) is 44.5 Å². The molecule has 2 nitrogen and oxygen atoms in total. The van der Waals surface area contributed by atoms with Crippen LogP contribution in [0.5, 0.6) is 0 Å². The number of benzene rings is 1. The van der Waals surface area contributed by atoms with Crippen molar-refractivity contribution in [2.45, 2.75) is 31.9 Å². The summed E-state index contributed by atoms with van der Waals surface area (Å²) >= 11 is 5.85. The largest absolute Gasteiger partial charge is 0.391 e. The fourth-order valence-corrected chi connectivity index (χ4v) is 2.28. The fraction of sp³-hybridized carbons (Fsp3) is 0.500. The van der Waals surface area contributed by atoms with E-state index in [1.54, 1.807) is 0 Å². The minimum atomic E-state index is -0.256. The zero-order valence-electron chi connectivity index (χ0n) is 9.07. The molecule has 0 spiro atoms. The van der Waals surface area contributed by atoms with Gasteiger partial charge >= 0.3 is 0 Å². The van der Waals surface area contributed by atoms with Crippen LogP contribution in [0.1, 0.15) is 20.3 Å². The number of hydrogen-bond acceptors (Lipinski definition) is 2. The Morgan fingerprint density at radius 1 is 1.33 bits per heavy atom. The Bertz CT molecular complexity index is 347. The maximum absolute atomic E-state index is 9.88. The summed E-state index contributed by atoms with van der Waals surface area (Å²) in [6.45, 7) is 5.04. The van der Waals surface area contributed by atoms with Gasteiger partial charge in [0.1, 0.15) is 0 Å². The molecule has 3 heteroatoms. The van der Waals surface area contributed by atoms with Gasteiger partial charge in [-0.3, -0.25) is 0 Å². The van der Waals surface area contributed by atoms with E-state index in [0.29, 0.717) is 0 Å². The van der Waals surface area contributed by atoms with Crippen molar-refractivity contribution in [2.24, 2.45) is 0 Å². The maximum Gasteiger partial charge on any atom is 0.0783 e. The van der Waals surface area contributed by atoms with Crippen LogP contribution in [0.15, 0.2) is 24.3 Å². The van der Waals surface area contributed by atoms with Crippen LogP contribution in [0.2, 0.25) is 5.02 Å². The van der Waals surface area contributed by atoms with E-state index in [-0.39, 0.29) is 11.6 Å². The lowest BCUT2D eigenvalue weighted by Gasteiger charge is -2.35. The van der Waals surface area contributed by atoms with Gasteiger partial charge in [0.05, 0.1) is 11.6 Å². The van der Waals surface area contributed by atoms with Gasteiger partial charge in [0.15, 0.2) is 0 Å². The van der Waals surface area contributed by atoms with Crippen molar-refractivity contribution in [1.29, 1.82) is 0 Å². The molecule has 1 unspecified atom stereocenters. The number of halogens is 1. The zero-order chi connectivity index (χ0) is 11.1. The molecule has 2 rings (SSSR count). The molecule has 1 atom stereocenters. The first-order chi connectivity index (χ1) is 7.01. The Balaban J connectivity index is 2.28. The Morgan fingerprint density at radius 2 is 1.93 bits per heavy atom. The van der Waals surface area contributed by atoms with Crippen molar-refractivity contribution in [3.63, 3.8) is 0 Å². The summed E-state index contributed by atoms with van der Waals surface area (Å²) in [5.41, 5.74) is 0.939. The van der Waals surface area contributed by atoms with Crippen LogP contribution in [0.25, 0.3) is 0 Å². The molecule has 1 saturated heterocycles. The molecule has 0 aromatic heterocycles. The summed E-state index contributed by atoms with van der Waals surface area (Å²) in [6.07, 6.45) is 0.573. The number of aliphatic hydroxyl groups excluding tert-OH is 1. The average Bonchev–Trinajstić information content (AvgIpc) is 2.44. The molecule has 0 saturated carbocycles. The van der Waals surface area contributed by atoms with Gasteiger partial charge < -0.3 is 10.0 Å². The van der Waals surface area contributed by atoms with Crippen molar-refractivity contribution in [3.8, 4) is 0 Å². The second kappa shape index (κ2) is 3.69. The van der Waals surface area contributed by atoms with Gasteiger partial charge in [-0.2, -0.15) is 0 Å². The molecule has 1 aliphatic rings. The van der Waals surface area contributed by atoms with Gasteiger partial charge in [-0.1, -0.05) is 11.6 Å². The molecule has 15 heavy (non-hydrogen) atoms. The van der Waals surface area contributed by atoms with Gasteiger partial charge in [-0.25, -0.2) is 0 Å². The lowest BCUT2D eigenvalue weighted by atomic mass is 9.98. The highest BCUT2D eigenvalue weighted by atomic mass is 35.5. The molecule has 0 amide bonds. The van der Waals surface area contributed by atoms with E-state index in [1.165, 1.54) is 0 Å². The Hall–Kier alpha value is -0.730. The monoisotopic (exact) mass is 225 g/mol. The summed E-state index contributed by atoms with van der Waals surface area (Å²) in [4.78, 5) is 2.23. The molecule has 0 bridgehead atoms. The summed E-state index contributed by atoms with van der Waals surface area (Å²) in [7, 11) is 0. The van der Waals surface area contributed by atoms with E-state index in [4.69, 9.17) is 11.6 Å². The van der Waals surface area contributed by atoms with Crippen molar-refractivity contribution < 1.29 is 5.11 Å². The van der Waals surface area contributed by atoms with Crippen LogP contribution >= 0.6 is 11.6 Å². The Labute approximate surface area is 95.5 Å². The van der Waals surface area contributed by atoms with Crippen molar-refractivity contribution in [3.05, 3.63) is 29.3 Å². The Kier molecular flexibility index (Phi) is 2.65. The van der Waals surface area contributed by atoms with E-state index in [9.17, 15) is 5.11 Å². The maximum atomic E-state index is 9.88. The number of anilines is 1. The number of nitrogens with zero attached hydrogens (tertiary/aromatic N) is 1. The van der Waals surface area contributed by atoms with Gasteiger partial charge in [0.25, 0.3) is 0 Å². The highest BCUT2D eigenvalue weighted by Gasteiger charge is 2.40. The van der Waals surface area contributed by atoms with E-state index in [2.05, 4.69) is 18.7 Å². The van der Waals surface area contributed by atoms with Crippen LogP contribution < -0.4 is 4.90 Å². The van der Waals surface area contributed by atoms with Crippen LogP contribution in [-0.4, -0.2) is 23.3 Å². The smallest absolute Gasteiger partial charge is 0.0783 e. The topological polar surface area (TPSA) is 23.5 Å². The standard InChI is InChI=1S/C12H16ClNO/c1-12(2)11(15)7-8-14(12)10-5-3-9(13)4-6-10/h3-6,11,15H,7-8H2,1-2H3. The molecule has 0 aliphatic carbocycles. The third-order valence-corrected chi connectivity index (χ3v) is 3.53. The molecule has 1 fully saturated rings. The summed E-state index contributed by atoms with van der Waals surface area (Å²) in [5, 5.41) is 10.6. The van der Waals surface area contributed by atoms with Crippen LogP contribution in [0.4, 0.5) is 5.69 Å². The number of hydrogen-bond donors (Lipinski definition) is 1. The van der Waals surface area contributed by atoms with Gasteiger partial charge in [0.2, 0.25) is 0 Å². The second-order valence-electron chi connectivity index (χ2n) is 4.59. The van der Waals surface area contributed by atoms with Gasteiger partial charge in [0, 0.05) is 17.3 Å². The molecule has 1 aromatic rings. The summed E-state index contributed by atoms with van der Waals surface area (Å²) in [6, 6.07) is 7.78. The second-order valence-corrected chi connectivity index (χ2v) is 5.02. The zero-order valence-corrected chi connectivity index (χ0v) is 9.83. The quantitative estimate of drug-likeness (QED) is 0.795. The molecule has 1 aliphatic heterocycles. The van der Waals surface area contributed by atoms with Crippen LogP contribution in [0, 0.1) is 0 Å². The number of rotatable bonds is 1.